The monoisotopic (exact) mass is 521 g/mol. The summed E-state index contributed by atoms with van der Waals surface area (Å²) in [6.45, 7) is 1.79. The summed E-state index contributed by atoms with van der Waals surface area (Å²) in [4.78, 5) is 27.9. The van der Waals surface area contributed by atoms with Crippen molar-refractivity contribution >= 4 is 27.6 Å². The number of hydrogen-bond donors (Lipinski definition) is 2. The molecule has 1 saturated carbocycles. The van der Waals surface area contributed by atoms with Gasteiger partial charge in [-0.1, -0.05) is 48.5 Å². The van der Waals surface area contributed by atoms with Gasteiger partial charge in [-0.2, -0.15) is 0 Å². The molecule has 2 aliphatic rings. The number of benzene rings is 3. The second-order valence-corrected chi connectivity index (χ2v) is 11.0. The third-order valence-corrected chi connectivity index (χ3v) is 8.33. The summed E-state index contributed by atoms with van der Waals surface area (Å²) in [6.07, 6.45) is 0.477. The van der Waals surface area contributed by atoms with Gasteiger partial charge >= 0.3 is 6.03 Å². The van der Waals surface area contributed by atoms with Gasteiger partial charge in [0.15, 0.2) is 11.5 Å². The molecule has 2 N–H and O–H groups in total. The Labute approximate surface area is 215 Å². The fourth-order valence-electron chi connectivity index (χ4n) is 4.72. The van der Waals surface area contributed by atoms with Crippen molar-refractivity contribution in [3.63, 3.8) is 0 Å². The standard InChI is InChI=1S/C27H27N3O6S/c1-18-8-6-7-11-24(18)37(33,34)29-26(32)28-27(15-21(27)19-9-4-3-5-10-19)16-25(31)30(2)20-12-13-22-23(14-20)36-17-35-22/h3-14,21H,15-17H2,1-2H3,(H2,28,29,32)/t21-,27-/m0/s1. The predicted molar refractivity (Wildman–Crippen MR) is 137 cm³/mol. The van der Waals surface area contributed by atoms with E-state index < -0.39 is 21.6 Å². The fourth-order valence-corrected chi connectivity index (χ4v) is 5.87. The maximum absolute atomic E-state index is 13.4. The third kappa shape index (κ3) is 4.97. The maximum Gasteiger partial charge on any atom is 0.329 e. The molecule has 1 aliphatic carbocycles. The van der Waals surface area contributed by atoms with Crippen LogP contribution in [0.1, 0.15) is 29.9 Å². The number of aryl methyl sites for hydroxylation is 1. The van der Waals surface area contributed by atoms with Crippen LogP contribution in [0, 0.1) is 6.92 Å². The number of anilines is 1. The fraction of sp³-hybridized carbons (Fsp3) is 0.259. The second-order valence-electron chi connectivity index (χ2n) is 9.32. The van der Waals surface area contributed by atoms with E-state index in [0.29, 0.717) is 29.2 Å². The SMILES string of the molecule is Cc1ccccc1S(=O)(=O)NC(=O)N[C@]1(CC(=O)N(C)c2ccc3c(c2)OCO3)C[C@H]1c1ccccc1. The van der Waals surface area contributed by atoms with E-state index in [-0.39, 0.29) is 29.9 Å². The highest BCUT2D eigenvalue weighted by atomic mass is 32.2. The van der Waals surface area contributed by atoms with Crippen LogP contribution in [0.5, 0.6) is 11.5 Å². The number of amides is 3. The number of carbonyl (C=O) groups excluding carboxylic acids is 2. The highest BCUT2D eigenvalue weighted by molar-refractivity contribution is 7.90. The molecule has 3 aromatic carbocycles. The zero-order chi connectivity index (χ0) is 26.2. The molecule has 0 spiro atoms. The lowest BCUT2D eigenvalue weighted by Gasteiger charge is -2.24. The lowest BCUT2D eigenvalue weighted by molar-refractivity contribution is -0.119. The molecule has 1 fully saturated rings. The minimum Gasteiger partial charge on any atom is -0.454 e. The smallest absolute Gasteiger partial charge is 0.329 e. The molecule has 37 heavy (non-hydrogen) atoms. The van der Waals surface area contributed by atoms with Crippen molar-refractivity contribution in [3.8, 4) is 11.5 Å². The molecular formula is C27H27N3O6S. The topological polar surface area (TPSA) is 114 Å². The molecule has 0 radical (unpaired) electrons. The van der Waals surface area contributed by atoms with E-state index >= 15 is 0 Å². The molecule has 0 unspecified atom stereocenters. The van der Waals surface area contributed by atoms with Crippen LogP contribution in [-0.2, 0) is 14.8 Å². The Morgan fingerprint density at radius 2 is 1.70 bits per heavy atom. The van der Waals surface area contributed by atoms with Crippen molar-refractivity contribution in [1.29, 1.82) is 0 Å². The first-order chi connectivity index (χ1) is 17.7. The summed E-state index contributed by atoms with van der Waals surface area (Å²) in [5, 5.41) is 2.82. The summed E-state index contributed by atoms with van der Waals surface area (Å²) >= 11 is 0. The molecule has 9 nitrogen and oxygen atoms in total. The molecule has 0 bridgehead atoms. The van der Waals surface area contributed by atoms with Gasteiger partial charge < -0.3 is 19.7 Å². The Morgan fingerprint density at radius 1 is 1.00 bits per heavy atom. The van der Waals surface area contributed by atoms with Crippen molar-refractivity contribution < 1.29 is 27.5 Å². The molecule has 5 rings (SSSR count). The molecule has 1 heterocycles. The molecule has 2 atom stereocenters. The second kappa shape index (κ2) is 9.44. The number of hydrogen-bond acceptors (Lipinski definition) is 6. The van der Waals surface area contributed by atoms with Gasteiger partial charge in [0, 0.05) is 24.7 Å². The highest BCUT2D eigenvalue weighted by Crippen LogP contribution is 2.54. The molecular weight excluding hydrogens is 494 g/mol. The summed E-state index contributed by atoms with van der Waals surface area (Å²) in [7, 11) is -2.44. The molecule has 3 aromatic rings. The van der Waals surface area contributed by atoms with E-state index in [1.54, 1.807) is 50.4 Å². The van der Waals surface area contributed by atoms with Crippen molar-refractivity contribution in [2.45, 2.75) is 36.1 Å². The van der Waals surface area contributed by atoms with Crippen molar-refractivity contribution in [1.82, 2.24) is 10.0 Å². The summed E-state index contributed by atoms with van der Waals surface area (Å²) in [5.74, 6) is 0.786. The number of nitrogens with zero attached hydrogens (tertiary/aromatic N) is 1. The Balaban J connectivity index is 1.35. The lowest BCUT2D eigenvalue weighted by atomic mass is 10.0. The normalized spacial score (nSPS) is 19.7. The van der Waals surface area contributed by atoms with Crippen LogP contribution < -0.4 is 24.4 Å². The minimum atomic E-state index is -4.09. The van der Waals surface area contributed by atoms with Crippen LogP contribution in [0.2, 0.25) is 0 Å². The van der Waals surface area contributed by atoms with Gasteiger partial charge in [0.2, 0.25) is 12.7 Å². The van der Waals surface area contributed by atoms with Gasteiger partial charge in [0.25, 0.3) is 10.0 Å². The van der Waals surface area contributed by atoms with Crippen LogP contribution in [0.25, 0.3) is 0 Å². The van der Waals surface area contributed by atoms with E-state index in [1.165, 1.54) is 11.0 Å². The molecule has 3 amide bonds. The average Bonchev–Trinajstić information content (AvgIpc) is 3.34. The van der Waals surface area contributed by atoms with Gasteiger partial charge in [-0.3, -0.25) is 4.79 Å². The number of ether oxygens (including phenoxy) is 2. The number of urea groups is 1. The quantitative estimate of drug-likeness (QED) is 0.490. The van der Waals surface area contributed by atoms with Crippen LogP contribution in [0.15, 0.2) is 77.7 Å². The van der Waals surface area contributed by atoms with Crippen LogP contribution in [0.3, 0.4) is 0 Å². The van der Waals surface area contributed by atoms with Crippen LogP contribution in [-0.4, -0.2) is 39.7 Å². The number of nitrogens with one attached hydrogen (secondary N) is 2. The van der Waals surface area contributed by atoms with Crippen molar-refractivity contribution in [2.75, 3.05) is 18.7 Å². The average molecular weight is 522 g/mol. The molecule has 0 saturated heterocycles. The number of sulfonamides is 1. The summed E-state index contributed by atoms with van der Waals surface area (Å²) < 4.78 is 38.6. The summed E-state index contributed by atoms with van der Waals surface area (Å²) in [5.41, 5.74) is 1.16. The van der Waals surface area contributed by atoms with Crippen molar-refractivity contribution in [3.05, 3.63) is 83.9 Å². The Kier molecular flexibility index (Phi) is 6.28. The highest BCUT2D eigenvalue weighted by Gasteiger charge is 2.57. The zero-order valence-corrected chi connectivity index (χ0v) is 21.2. The third-order valence-electron chi connectivity index (χ3n) is 6.83. The van der Waals surface area contributed by atoms with Gasteiger partial charge in [-0.15, -0.1) is 0 Å². The maximum atomic E-state index is 13.4. The number of fused-ring (bicyclic) bond motifs is 1. The van der Waals surface area contributed by atoms with E-state index in [2.05, 4.69) is 10.0 Å². The molecule has 1 aliphatic heterocycles. The predicted octanol–water partition coefficient (Wildman–Crippen LogP) is 3.69. The molecule has 192 valence electrons. The van der Waals surface area contributed by atoms with Crippen molar-refractivity contribution in [2.24, 2.45) is 0 Å². The van der Waals surface area contributed by atoms with E-state index in [1.807, 2.05) is 30.3 Å². The van der Waals surface area contributed by atoms with Crippen LogP contribution >= 0.6 is 0 Å². The summed E-state index contributed by atoms with van der Waals surface area (Å²) in [6, 6.07) is 20.3. The Hall–Kier alpha value is -4.05. The van der Waals surface area contributed by atoms with Gasteiger partial charge in [0.1, 0.15) is 0 Å². The van der Waals surface area contributed by atoms with E-state index in [0.717, 1.165) is 5.56 Å². The number of carbonyl (C=O) groups is 2. The number of rotatable bonds is 7. The lowest BCUT2D eigenvalue weighted by Crippen LogP contribution is -2.48. The van der Waals surface area contributed by atoms with Crippen LogP contribution in [0.4, 0.5) is 10.5 Å². The van der Waals surface area contributed by atoms with Gasteiger partial charge in [-0.05, 0) is 42.7 Å². The first-order valence-electron chi connectivity index (χ1n) is 11.8. The Morgan fingerprint density at radius 3 is 2.46 bits per heavy atom. The van der Waals surface area contributed by atoms with Gasteiger partial charge in [-0.25, -0.2) is 17.9 Å². The minimum absolute atomic E-state index is 0.0185. The van der Waals surface area contributed by atoms with Gasteiger partial charge in [0.05, 0.1) is 16.9 Å². The largest absolute Gasteiger partial charge is 0.454 e. The molecule has 0 aromatic heterocycles. The Bertz CT molecular complexity index is 1460. The van der Waals surface area contributed by atoms with E-state index in [9.17, 15) is 18.0 Å². The first-order valence-corrected chi connectivity index (χ1v) is 13.3. The van der Waals surface area contributed by atoms with E-state index in [4.69, 9.17) is 9.47 Å². The zero-order valence-electron chi connectivity index (χ0n) is 20.4. The molecule has 10 heteroatoms. The first kappa shape index (κ1) is 24.6.